The molecule has 1 aliphatic rings. The fraction of sp³-hybridized carbons (Fsp3) is 0.571. The third-order valence-corrected chi connectivity index (χ3v) is 5.43. The second kappa shape index (κ2) is 7.20. The lowest BCUT2D eigenvalue weighted by atomic mass is 9.95. The van der Waals surface area contributed by atoms with E-state index in [1.54, 1.807) is 6.26 Å². The summed E-state index contributed by atoms with van der Waals surface area (Å²) >= 11 is 0. The van der Waals surface area contributed by atoms with Gasteiger partial charge in [0.25, 0.3) is 0 Å². The van der Waals surface area contributed by atoms with Gasteiger partial charge in [-0.15, -0.1) is 0 Å². The van der Waals surface area contributed by atoms with Crippen LogP contribution in [-0.2, 0) is 11.2 Å². The lowest BCUT2D eigenvalue weighted by Crippen LogP contribution is -2.41. The van der Waals surface area contributed by atoms with Gasteiger partial charge in [0.05, 0.1) is 12.7 Å². The van der Waals surface area contributed by atoms with Crippen LogP contribution in [0.4, 0.5) is 0 Å². The molecule has 0 bridgehead atoms. The average molecular weight is 342 g/mol. The number of aryl methyl sites for hydroxylation is 1. The van der Waals surface area contributed by atoms with Crippen LogP contribution in [0, 0.1) is 6.92 Å². The van der Waals surface area contributed by atoms with E-state index >= 15 is 0 Å². The van der Waals surface area contributed by atoms with Gasteiger partial charge < -0.3 is 9.73 Å². The van der Waals surface area contributed by atoms with Crippen molar-refractivity contribution in [1.82, 2.24) is 10.2 Å². The summed E-state index contributed by atoms with van der Waals surface area (Å²) in [5, 5.41) is 4.14. The van der Waals surface area contributed by atoms with Crippen LogP contribution in [-0.4, -0.2) is 36.5 Å². The highest BCUT2D eigenvalue weighted by atomic mass is 16.3. The Balaban J connectivity index is 1.65. The summed E-state index contributed by atoms with van der Waals surface area (Å²) < 4.78 is 5.68. The Morgan fingerprint density at radius 1 is 1.32 bits per heavy atom. The zero-order valence-corrected chi connectivity index (χ0v) is 16.1. The van der Waals surface area contributed by atoms with Gasteiger partial charge in [-0.3, -0.25) is 9.69 Å². The Morgan fingerprint density at radius 3 is 2.68 bits per heavy atom. The minimum absolute atomic E-state index is 0.0606. The maximum absolute atomic E-state index is 12.4. The number of carbonyl (C=O) groups excluding carboxylic acids is 1. The first kappa shape index (κ1) is 18.0. The molecule has 1 heterocycles. The number of benzene rings is 1. The average Bonchev–Trinajstić information content (AvgIpc) is 3.34. The van der Waals surface area contributed by atoms with Crippen LogP contribution in [0.25, 0.3) is 11.0 Å². The summed E-state index contributed by atoms with van der Waals surface area (Å²) in [4.78, 5) is 14.7. The molecule has 4 nitrogen and oxygen atoms in total. The molecule has 1 atom stereocenters. The first-order chi connectivity index (χ1) is 11.9. The van der Waals surface area contributed by atoms with Crippen molar-refractivity contribution in [2.75, 3.05) is 13.6 Å². The van der Waals surface area contributed by atoms with E-state index in [0.717, 1.165) is 16.5 Å². The van der Waals surface area contributed by atoms with Crippen molar-refractivity contribution in [3.05, 3.63) is 35.1 Å². The highest BCUT2D eigenvalue weighted by Crippen LogP contribution is 2.29. The molecule has 1 aliphatic carbocycles. The molecule has 0 saturated heterocycles. The number of carbonyl (C=O) groups is 1. The van der Waals surface area contributed by atoms with Gasteiger partial charge in [-0.1, -0.05) is 13.8 Å². The van der Waals surface area contributed by atoms with Crippen molar-refractivity contribution in [3.63, 3.8) is 0 Å². The van der Waals surface area contributed by atoms with E-state index in [1.807, 2.05) is 0 Å². The van der Waals surface area contributed by atoms with E-state index in [-0.39, 0.29) is 5.91 Å². The Bertz CT molecular complexity index is 759. The summed E-state index contributed by atoms with van der Waals surface area (Å²) in [7, 11) is 2.15. The van der Waals surface area contributed by atoms with Crippen LogP contribution in [0.15, 0.2) is 22.8 Å². The molecule has 3 rings (SSSR count). The second-order valence-electron chi connectivity index (χ2n) is 7.85. The number of amides is 1. The second-order valence-corrected chi connectivity index (χ2v) is 7.85. The van der Waals surface area contributed by atoms with E-state index < -0.39 is 0 Å². The fourth-order valence-corrected chi connectivity index (χ4v) is 3.49. The van der Waals surface area contributed by atoms with E-state index in [1.165, 1.54) is 24.0 Å². The van der Waals surface area contributed by atoms with Gasteiger partial charge in [-0.2, -0.15) is 0 Å². The molecular weight excluding hydrogens is 312 g/mol. The largest absolute Gasteiger partial charge is 0.464 e. The van der Waals surface area contributed by atoms with Crippen LogP contribution < -0.4 is 5.32 Å². The highest BCUT2D eigenvalue weighted by molar-refractivity contribution is 5.88. The summed E-state index contributed by atoms with van der Waals surface area (Å²) in [5.74, 6) is 0.519. The molecule has 4 heteroatoms. The van der Waals surface area contributed by atoms with Crippen LogP contribution in [0.1, 0.15) is 56.2 Å². The van der Waals surface area contributed by atoms with E-state index in [4.69, 9.17) is 4.42 Å². The normalized spacial score (nSPS) is 16.0. The van der Waals surface area contributed by atoms with E-state index in [2.05, 4.69) is 57.1 Å². The third-order valence-electron chi connectivity index (χ3n) is 5.43. The van der Waals surface area contributed by atoms with Crippen LogP contribution in [0.3, 0.4) is 0 Å². The number of nitrogens with one attached hydrogen (secondary N) is 1. The summed E-state index contributed by atoms with van der Waals surface area (Å²) in [6.07, 6.45) is 4.67. The molecule has 1 N–H and O–H groups in total. The SMILES string of the molecule is Cc1cc2occ(CC(=O)NCC(C)N(C)C3CC3)c2cc1C(C)C. The summed E-state index contributed by atoms with van der Waals surface area (Å²) in [6, 6.07) is 5.35. The zero-order chi connectivity index (χ0) is 18.1. The number of rotatable bonds is 7. The van der Waals surface area contributed by atoms with Crippen molar-refractivity contribution in [2.45, 2.75) is 65.0 Å². The van der Waals surface area contributed by atoms with Gasteiger partial charge in [0.15, 0.2) is 0 Å². The number of fused-ring (bicyclic) bond motifs is 1. The maximum Gasteiger partial charge on any atom is 0.224 e. The first-order valence-corrected chi connectivity index (χ1v) is 9.36. The predicted octanol–water partition coefficient (Wildman–Crippen LogP) is 4.01. The standard InChI is InChI=1S/C21H30N2O2/c1-13(2)18-10-19-16(12-25-20(19)8-14(18)3)9-21(24)22-11-15(4)23(5)17-6-7-17/h8,10,12-13,15,17H,6-7,9,11H2,1-5H3,(H,22,24). The van der Waals surface area contributed by atoms with Crippen molar-refractivity contribution < 1.29 is 9.21 Å². The van der Waals surface area contributed by atoms with Gasteiger partial charge in [-0.25, -0.2) is 0 Å². The molecule has 0 spiro atoms. The van der Waals surface area contributed by atoms with Crippen molar-refractivity contribution >= 4 is 16.9 Å². The molecule has 0 aliphatic heterocycles. The van der Waals surface area contributed by atoms with Crippen molar-refractivity contribution in [2.24, 2.45) is 0 Å². The Hall–Kier alpha value is -1.81. The monoisotopic (exact) mass is 342 g/mol. The quantitative estimate of drug-likeness (QED) is 0.827. The Kier molecular flexibility index (Phi) is 5.19. The molecule has 1 aromatic carbocycles. The number of likely N-dealkylation sites (N-methyl/N-ethyl adjacent to an activating group) is 1. The number of hydrogen-bond donors (Lipinski definition) is 1. The molecule has 1 unspecified atom stereocenters. The molecule has 25 heavy (non-hydrogen) atoms. The number of hydrogen-bond acceptors (Lipinski definition) is 3. The minimum atomic E-state index is 0.0606. The van der Waals surface area contributed by atoms with Gasteiger partial charge in [-0.05, 0) is 62.9 Å². The van der Waals surface area contributed by atoms with E-state index in [9.17, 15) is 4.79 Å². The summed E-state index contributed by atoms with van der Waals surface area (Å²) in [5.41, 5.74) is 4.39. The first-order valence-electron chi connectivity index (χ1n) is 9.36. The molecule has 1 amide bonds. The summed E-state index contributed by atoms with van der Waals surface area (Å²) in [6.45, 7) is 9.36. The molecule has 1 aromatic heterocycles. The predicted molar refractivity (Wildman–Crippen MR) is 102 cm³/mol. The molecule has 2 aromatic rings. The van der Waals surface area contributed by atoms with Crippen LogP contribution in [0.5, 0.6) is 0 Å². The lowest BCUT2D eigenvalue weighted by molar-refractivity contribution is -0.120. The Morgan fingerprint density at radius 2 is 2.04 bits per heavy atom. The zero-order valence-electron chi connectivity index (χ0n) is 16.1. The molecule has 136 valence electrons. The topological polar surface area (TPSA) is 45.5 Å². The van der Waals surface area contributed by atoms with Gasteiger partial charge in [0.2, 0.25) is 5.91 Å². The maximum atomic E-state index is 12.4. The fourth-order valence-electron chi connectivity index (χ4n) is 3.49. The minimum Gasteiger partial charge on any atom is -0.464 e. The number of furan rings is 1. The third kappa shape index (κ3) is 4.06. The molecule has 1 fully saturated rings. The molecule has 0 radical (unpaired) electrons. The lowest BCUT2D eigenvalue weighted by Gasteiger charge is -2.24. The Labute approximate surface area is 150 Å². The van der Waals surface area contributed by atoms with Gasteiger partial charge in [0, 0.05) is 29.6 Å². The highest BCUT2D eigenvalue weighted by Gasteiger charge is 2.29. The van der Waals surface area contributed by atoms with Crippen LogP contribution >= 0.6 is 0 Å². The van der Waals surface area contributed by atoms with Crippen molar-refractivity contribution in [3.8, 4) is 0 Å². The van der Waals surface area contributed by atoms with Crippen LogP contribution in [0.2, 0.25) is 0 Å². The molecular formula is C21H30N2O2. The molecule has 1 saturated carbocycles. The van der Waals surface area contributed by atoms with Crippen molar-refractivity contribution in [1.29, 1.82) is 0 Å². The smallest absolute Gasteiger partial charge is 0.224 e. The van der Waals surface area contributed by atoms with Gasteiger partial charge >= 0.3 is 0 Å². The van der Waals surface area contributed by atoms with Gasteiger partial charge in [0.1, 0.15) is 5.58 Å². The van der Waals surface area contributed by atoms with E-state index in [0.29, 0.717) is 31.0 Å². The number of nitrogens with zero attached hydrogens (tertiary/aromatic N) is 1.